The van der Waals surface area contributed by atoms with E-state index in [4.69, 9.17) is 5.11 Å². The van der Waals surface area contributed by atoms with Gasteiger partial charge in [-0.15, -0.1) is 0 Å². The highest BCUT2D eigenvalue weighted by atomic mass is 16.4. The van der Waals surface area contributed by atoms with E-state index in [1.54, 1.807) is 10.9 Å². The van der Waals surface area contributed by atoms with Crippen molar-refractivity contribution in [2.75, 3.05) is 13.1 Å². The lowest BCUT2D eigenvalue weighted by atomic mass is 10.2. The van der Waals surface area contributed by atoms with Crippen molar-refractivity contribution >= 4 is 11.9 Å². The van der Waals surface area contributed by atoms with E-state index < -0.39 is 5.97 Å². The van der Waals surface area contributed by atoms with Crippen molar-refractivity contribution in [2.24, 2.45) is 5.92 Å². The molecule has 0 unspecified atom stereocenters. The summed E-state index contributed by atoms with van der Waals surface area (Å²) in [6.45, 7) is 6.81. The third-order valence-electron chi connectivity index (χ3n) is 2.53. The second-order valence-corrected chi connectivity index (χ2v) is 4.97. The first-order valence-corrected chi connectivity index (χ1v) is 6.47. The second-order valence-electron chi connectivity index (χ2n) is 4.97. The Morgan fingerprint density at radius 3 is 2.68 bits per heavy atom. The fourth-order valence-electron chi connectivity index (χ4n) is 1.83. The molecule has 0 spiro atoms. The van der Waals surface area contributed by atoms with Gasteiger partial charge in [0.1, 0.15) is 6.54 Å². The van der Waals surface area contributed by atoms with E-state index in [0.717, 1.165) is 13.0 Å². The molecule has 1 N–H and O–H groups in total. The number of amides is 1. The number of carbonyl (C=O) groups excluding carboxylic acids is 1. The van der Waals surface area contributed by atoms with Crippen molar-refractivity contribution in [1.29, 1.82) is 0 Å². The molecule has 0 atom stereocenters. The first kappa shape index (κ1) is 15.2. The molecule has 0 saturated carbocycles. The summed E-state index contributed by atoms with van der Waals surface area (Å²) in [5.41, 5.74) is 0.440. The number of aromatic nitrogens is 2. The van der Waals surface area contributed by atoms with Crippen LogP contribution in [0.25, 0.3) is 0 Å². The van der Waals surface area contributed by atoms with Crippen LogP contribution in [0.2, 0.25) is 0 Å². The summed E-state index contributed by atoms with van der Waals surface area (Å²) < 4.78 is 1.70. The molecular weight excluding hydrogens is 246 g/mol. The predicted molar refractivity (Wildman–Crippen MR) is 70.9 cm³/mol. The molecule has 0 fully saturated rings. The SMILES string of the molecule is CCCn1cc(C(=O)N(CC(=O)O)CC(C)C)cn1. The third-order valence-corrected chi connectivity index (χ3v) is 2.53. The number of carboxylic acid groups (broad SMARTS) is 1. The van der Waals surface area contributed by atoms with Crippen LogP contribution in [0, 0.1) is 5.92 Å². The molecule has 0 saturated heterocycles. The summed E-state index contributed by atoms with van der Waals surface area (Å²) in [5, 5.41) is 13.0. The standard InChI is InChI=1S/C13H21N3O3/c1-4-5-16-8-11(6-14-16)13(19)15(7-10(2)3)9-12(17)18/h6,8,10H,4-5,7,9H2,1-3H3,(H,17,18). The maximum Gasteiger partial charge on any atom is 0.323 e. The summed E-state index contributed by atoms with van der Waals surface area (Å²) in [4.78, 5) is 24.4. The van der Waals surface area contributed by atoms with Crippen LogP contribution in [-0.2, 0) is 11.3 Å². The van der Waals surface area contributed by atoms with Crippen molar-refractivity contribution in [3.8, 4) is 0 Å². The summed E-state index contributed by atoms with van der Waals surface area (Å²) in [6.07, 6.45) is 4.09. The van der Waals surface area contributed by atoms with Gasteiger partial charge in [-0.25, -0.2) is 0 Å². The molecule has 0 aliphatic rings. The van der Waals surface area contributed by atoms with Gasteiger partial charge in [0, 0.05) is 19.3 Å². The van der Waals surface area contributed by atoms with E-state index in [1.807, 2.05) is 20.8 Å². The van der Waals surface area contributed by atoms with Crippen LogP contribution < -0.4 is 0 Å². The molecule has 0 aromatic carbocycles. The fourth-order valence-corrected chi connectivity index (χ4v) is 1.83. The van der Waals surface area contributed by atoms with Crippen LogP contribution in [-0.4, -0.2) is 44.8 Å². The zero-order chi connectivity index (χ0) is 14.4. The van der Waals surface area contributed by atoms with Gasteiger partial charge in [0.2, 0.25) is 0 Å². The molecule has 1 aromatic rings. The molecule has 1 heterocycles. The van der Waals surface area contributed by atoms with E-state index in [2.05, 4.69) is 5.10 Å². The molecule has 1 rings (SSSR count). The van der Waals surface area contributed by atoms with Crippen LogP contribution in [0.1, 0.15) is 37.6 Å². The van der Waals surface area contributed by atoms with E-state index in [0.29, 0.717) is 12.1 Å². The zero-order valence-corrected chi connectivity index (χ0v) is 11.7. The maximum atomic E-state index is 12.2. The number of rotatable bonds is 7. The number of aryl methyl sites for hydroxylation is 1. The van der Waals surface area contributed by atoms with Crippen molar-refractivity contribution in [3.63, 3.8) is 0 Å². The maximum absolute atomic E-state index is 12.2. The highest BCUT2D eigenvalue weighted by Gasteiger charge is 2.20. The largest absolute Gasteiger partial charge is 0.480 e. The molecule has 6 nitrogen and oxygen atoms in total. The first-order valence-electron chi connectivity index (χ1n) is 6.47. The average molecular weight is 267 g/mol. The Balaban J connectivity index is 2.81. The lowest BCUT2D eigenvalue weighted by Gasteiger charge is -2.21. The Labute approximate surface area is 113 Å². The molecule has 0 bridgehead atoms. The Morgan fingerprint density at radius 2 is 2.16 bits per heavy atom. The lowest BCUT2D eigenvalue weighted by molar-refractivity contribution is -0.137. The summed E-state index contributed by atoms with van der Waals surface area (Å²) in [5.74, 6) is -1.07. The van der Waals surface area contributed by atoms with Crippen LogP contribution in [0.3, 0.4) is 0 Å². The zero-order valence-electron chi connectivity index (χ0n) is 11.7. The number of hydrogen-bond acceptors (Lipinski definition) is 3. The topological polar surface area (TPSA) is 75.4 Å². The normalized spacial score (nSPS) is 10.7. The molecule has 106 valence electrons. The summed E-state index contributed by atoms with van der Waals surface area (Å²) in [7, 11) is 0. The molecule has 1 amide bonds. The van der Waals surface area contributed by atoms with Gasteiger partial charge < -0.3 is 10.0 Å². The van der Waals surface area contributed by atoms with Crippen molar-refractivity contribution < 1.29 is 14.7 Å². The minimum Gasteiger partial charge on any atom is -0.480 e. The van der Waals surface area contributed by atoms with Crippen molar-refractivity contribution in [3.05, 3.63) is 18.0 Å². The number of aliphatic carboxylic acids is 1. The van der Waals surface area contributed by atoms with Crippen LogP contribution >= 0.6 is 0 Å². The first-order chi connectivity index (χ1) is 8.93. The number of nitrogens with zero attached hydrogens (tertiary/aromatic N) is 3. The summed E-state index contributed by atoms with van der Waals surface area (Å²) >= 11 is 0. The molecule has 19 heavy (non-hydrogen) atoms. The fraction of sp³-hybridized carbons (Fsp3) is 0.615. The Morgan fingerprint density at radius 1 is 1.47 bits per heavy atom. The van der Waals surface area contributed by atoms with Crippen LogP contribution in [0.4, 0.5) is 0 Å². The van der Waals surface area contributed by atoms with Crippen LogP contribution in [0.15, 0.2) is 12.4 Å². The quantitative estimate of drug-likeness (QED) is 0.811. The molecular formula is C13H21N3O3. The molecule has 0 radical (unpaired) electrons. The van der Waals surface area contributed by atoms with Gasteiger partial charge in [0.15, 0.2) is 0 Å². The highest BCUT2D eigenvalue weighted by Crippen LogP contribution is 2.07. The Hall–Kier alpha value is -1.85. The van der Waals surface area contributed by atoms with Gasteiger partial charge in [-0.3, -0.25) is 14.3 Å². The van der Waals surface area contributed by atoms with Gasteiger partial charge in [0.05, 0.1) is 11.8 Å². The minimum absolute atomic E-state index is 0.217. The van der Waals surface area contributed by atoms with E-state index in [-0.39, 0.29) is 18.4 Å². The van der Waals surface area contributed by atoms with E-state index in [1.165, 1.54) is 11.1 Å². The second kappa shape index (κ2) is 6.92. The number of hydrogen-bond donors (Lipinski definition) is 1. The monoisotopic (exact) mass is 267 g/mol. The molecule has 0 aliphatic carbocycles. The smallest absolute Gasteiger partial charge is 0.323 e. The van der Waals surface area contributed by atoms with Crippen molar-refractivity contribution in [1.82, 2.24) is 14.7 Å². The molecule has 6 heteroatoms. The molecule has 1 aromatic heterocycles. The van der Waals surface area contributed by atoms with Gasteiger partial charge in [-0.1, -0.05) is 20.8 Å². The number of carbonyl (C=O) groups is 2. The lowest BCUT2D eigenvalue weighted by Crippen LogP contribution is -2.38. The third kappa shape index (κ3) is 4.73. The number of carboxylic acids is 1. The predicted octanol–water partition coefficient (Wildman–Crippen LogP) is 1.48. The van der Waals surface area contributed by atoms with Crippen molar-refractivity contribution in [2.45, 2.75) is 33.7 Å². The Kier molecular flexibility index (Phi) is 5.54. The van der Waals surface area contributed by atoms with E-state index >= 15 is 0 Å². The summed E-state index contributed by atoms with van der Waals surface area (Å²) in [6, 6.07) is 0. The van der Waals surface area contributed by atoms with Gasteiger partial charge in [-0.05, 0) is 12.3 Å². The van der Waals surface area contributed by atoms with Gasteiger partial charge in [0.25, 0.3) is 5.91 Å². The highest BCUT2D eigenvalue weighted by molar-refractivity contribution is 5.95. The van der Waals surface area contributed by atoms with E-state index in [9.17, 15) is 9.59 Å². The minimum atomic E-state index is -1.00. The van der Waals surface area contributed by atoms with Gasteiger partial charge in [-0.2, -0.15) is 5.10 Å². The Bertz CT molecular complexity index is 440. The van der Waals surface area contributed by atoms with Crippen LogP contribution in [0.5, 0.6) is 0 Å². The van der Waals surface area contributed by atoms with Gasteiger partial charge >= 0.3 is 5.97 Å². The molecule has 0 aliphatic heterocycles. The average Bonchev–Trinajstić information content (AvgIpc) is 2.75.